The zero-order valence-electron chi connectivity index (χ0n) is 18.3. The predicted molar refractivity (Wildman–Crippen MR) is 130 cm³/mol. The second-order valence-electron chi connectivity index (χ2n) is 7.91. The van der Waals surface area contributed by atoms with Crippen molar-refractivity contribution in [2.75, 3.05) is 0 Å². The maximum atomic E-state index is 12.0. The summed E-state index contributed by atoms with van der Waals surface area (Å²) in [7, 11) is 0. The highest BCUT2D eigenvalue weighted by molar-refractivity contribution is 6.17. The van der Waals surface area contributed by atoms with Gasteiger partial charge in [0.05, 0.1) is 10.7 Å². The highest BCUT2D eigenvalue weighted by atomic mass is 16.5. The number of H-pyrrole nitrogens is 1. The van der Waals surface area contributed by atoms with Crippen LogP contribution in [0, 0.1) is 0 Å². The Morgan fingerprint density at radius 2 is 1.73 bits per heavy atom. The SMILES string of the molecule is CC(=O)C1=c2nc(-c3ccc(-c4ccc(OCc5cccnc5)cc4)cc3)[nH]c2=CCC=C1. The lowest BCUT2D eigenvalue weighted by atomic mass is 10.0. The van der Waals surface area contributed by atoms with E-state index in [1.807, 2.05) is 48.6 Å². The lowest BCUT2D eigenvalue weighted by molar-refractivity contribution is -0.111. The fourth-order valence-corrected chi connectivity index (χ4v) is 3.83. The maximum Gasteiger partial charge on any atom is 0.162 e. The van der Waals surface area contributed by atoms with Gasteiger partial charge in [-0.15, -0.1) is 0 Å². The highest BCUT2D eigenvalue weighted by Crippen LogP contribution is 2.25. The van der Waals surface area contributed by atoms with Crippen molar-refractivity contribution >= 4 is 17.4 Å². The van der Waals surface area contributed by atoms with Crippen molar-refractivity contribution in [1.82, 2.24) is 15.0 Å². The van der Waals surface area contributed by atoms with E-state index >= 15 is 0 Å². The number of hydrogen-bond donors (Lipinski definition) is 1. The summed E-state index contributed by atoms with van der Waals surface area (Å²) >= 11 is 0. The summed E-state index contributed by atoms with van der Waals surface area (Å²) in [5, 5.41) is 1.61. The van der Waals surface area contributed by atoms with Gasteiger partial charge in [0.1, 0.15) is 18.2 Å². The Balaban J connectivity index is 1.35. The number of rotatable bonds is 6. The molecular formula is C28H23N3O2. The quantitative estimate of drug-likeness (QED) is 0.495. The molecule has 0 radical (unpaired) electrons. The molecule has 0 saturated heterocycles. The third-order valence-electron chi connectivity index (χ3n) is 5.58. The number of ether oxygens (including phenoxy) is 1. The molecule has 1 aliphatic rings. The van der Waals surface area contributed by atoms with Crippen LogP contribution in [0.5, 0.6) is 5.75 Å². The predicted octanol–water partition coefficient (Wildman–Crippen LogP) is 4.20. The van der Waals surface area contributed by atoms with Crippen LogP contribution >= 0.6 is 0 Å². The number of ketones is 1. The van der Waals surface area contributed by atoms with Gasteiger partial charge in [0.15, 0.2) is 5.78 Å². The van der Waals surface area contributed by atoms with Crippen LogP contribution in [0.4, 0.5) is 0 Å². The van der Waals surface area contributed by atoms with Gasteiger partial charge in [0.25, 0.3) is 0 Å². The molecule has 0 unspecified atom stereocenters. The van der Waals surface area contributed by atoms with E-state index in [1.54, 1.807) is 19.3 Å². The normalized spacial score (nSPS) is 12.6. The second-order valence-corrected chi connectivity index (χ2v) is 7.91. The number of benzene rings is 2. The van der Waals surface area contributed by atoms with E-state index in [2.05, 4.69) is 40.3 Å². The third kappa shape index (κ3) is 4.53. The van der Waals surface area contributed by atoms with Crippen LogP contribution in [0.3, 0.4) is 0 Å². The summed E-state index contributed by atoms with van der Waals surface area (Å²) in [5.74, 6) is 1.60. The van der Waals surface area contributed by atoms with E-state index in [9.17, 15) is 4.79 Å². The number of carbonyl (C=O) groups is 1. The molecule has 1 aliphatic carbocycles. The highest BCUT2D eigenvalue weighted by Gasteiger charge is 2.10. The first-order valence-corrected chi connectivity index (χ1v) is 10.9. The van der Waals surface area contributed by atoms with Gasteiger partial charge in [0.2, 0.25) is 0 Å². The number of hydrogen-bond acceptors (Lipinski definition) is 4. The number of pyridine rings is 1. The smallest absolute Gasteiger partial charge is 0.162 e. The largest absolute Gasteiger partial charge is 0.489 e. The van der Waals surface area contributed by atoms with E-state index in [0.29, 0.717) is 12.2 Å². The van der Waals surface area contributed by atoms with Gasteiger partial charge in [-0.05, 0) is 42.7 Å². The Morgan fingerprint density at radius 3 is 2.42 bits per heavy atom. The van der Waals surface area contributed by atoms with Gasteiger partial charge in [-0.2, -0.15) is 0 Å². The number of allylic oxidation sites excluding steroid dienone is 2. The van der Waals surface area contributed by atoms with E-state index < -0.39 is 0 Å². The Labute approximate surface area is 191 Å². The molecule has 1 N–H and O–H groups in total. The summed E-state index contributed by atoms with van der Waals surface area (Å²) < 4.78 is 5.85. The van der Waals surface area contributed by atoms with Gasteiger partial charge >= 0.3 is 0 Å². The fourth-order valence-electron chi connectivity index (χ4n) is 3.83. The minimum Gasteiger partial charge on any atom is -0.489 e. The van der Waals surface area contributed by atoms with E-state index in [-0.39, 0.29) is 5.78 Å². The number of carbonyl (C=O) groups excluding carboxylic acids is 1. The molecule has 0 bridgehead atoms. The van der Waals surface area contributed by atoms with Crippen LogP contribution in [0.15, 0.2) is 85.2 Å². The average Bonchev–Trinajstić information content (AvgIpc) is 3.17. The zero-order chi connectivity index (χ0) is 22.6. The molecule has 2 heterocycles. The molecular weight excluding hydrogens is 410 g/mol. The van der Waals surface area contributed by atoms with E-state index in [4.69, 9.17) is 9.72 Å². The van der Waals surface area contributed by atoms with Gasteiger partial charge < -0.3 is 9.72 Å². The van der Waals surface area contributed by atoms with E-state index in [1.165, 1.54) is 0 Å². The molecule has 0 fully saturated rings. The fraction of sp³-hybridized carbons (Fsp3) is 0.107. The summed E-state index contributed by atoms with van der Waals surface area (Å²) in [6, 6.07) is 20.2. The Hall–Kier alpha value is -4.25. The van der Waals surface area contributed by atoms with Gasteiger partial charge in [-0.1, -0.05) is 60.7 Å². The number of Topliss-reactive ketones (excluding diaryl/α,β-unsaturated/α-hetero) is 1. The summed E-state index contributed by atoms with van der Waals surface area (Å²) in [4.78, 5) is 24.2. The minimum atomic E-state index is 0.0176. The number of aromatic nitrogens is 3. The summed E-state index contributed by atoms with van der Waals surface area (Å²) in [5.41, 5.74) is 4.87. The number of fused-ring (bicyclic) bond motifs is 1. The summed E-state index contributed by atoms with van der Waals surface area (Å²) in [6.45, 7) is 2.07. The van der Waals surface area contributed by atoms with Gasteiger partial charge in [-0.3, -0.25) is 9.78 Å². The molecule has 5 heteroatoms. The number of imidazole rings is 1. The van der Waals surface area contributed by atoms with Crippen LogP contribution in [-0.4, -0.2) is 20.7 Å². The Morgan fingerprint density at radius 1 is 1.00 bits per heavy atom. The molecule has 0 amide bonds. The van der Waals surface area contributed by atoms with Crippen molar-refractivity contribution in [3.63, 3.8) is 0 Å². The third-order valence-corrected chi connectivity index (χ3v) is 5.58. The first-order chi connectivity index (χ1) is 16.2. The van der Waals surface area contributed by atoms with Crippen molar-refractivity contribution < 1.29 is 9.53 Å². The van der Waals surface area contributed by atoms with E-state index in [0.717, 1.165) is 50.9 Å². The molecule has 2 aromatic heterocycles. The van der Waals surface area contributed by atoms with Crippen molar-refractivity contribution in [3.8, 4) is 28.3 Å². The van der Waals surface area contributed by atoms with Crippen molar-refractivity contribution in [2.24, 2.45) is 0 Å². The van der Waals surface area contributed by atoms with Crippen LogP contribution in [-0.2, 0) is 11.4 Å². The van der Waals surface area contributed by atoms with Crippen molar-refractivity contribution in [2.45, 2.75) is 20.0 Å². The molecule has 5 rings (SSSR count). The molecule has 0 atom stereocenters. The zero-order valence-corrected chi connectivity index (χ0v) is 18.3. The van der Waals surface area contributed by atoms with Crippen LogP contribution in [0.25, 0.3) is 34.2 Å². The lowest BCUT2D eigenvalue weighted by Gasteiger charge is -2.08. The average molecular weight is 434 g/mol. The molecule has 0 aliphatic heterocycles. The van der Waals surface area contributed by atoms with Crippen molar-refractivity contribution in [3.05, 3.63) is 101 Å². The summed E-state index contributed by atoms with van der Waals surface area (Å²) in [6.07, 6.45) is 10.2. The number of nitrogens with one attached hydrogen (secondary N) is 1. The topological polar surface area (TPSA) is 67.9 Å². The lowest BCUT2D eigenvalue weighted by Crippen LogP contribution is -2.28. The van der Waals surface area contributed by atoms with Crippen molar-refractivity contribution in [1.29, 1.82) is 0 Å². The monoisotopic (exact) mass is 433 g/mol. The van der Waals surface area contributed by atoms with Gasteiger partial charge in [0, 0.05) is 29.1 Å². The molecule has 2 aromatic carbocycles. The Bertz CT molecular complexity index is 1430. The molecule has 33 heavy (non-hydrogen) atoms. The molecule has 162 valence electrons. The van der Waals surface area contributed by atoms with Crippen LogP contribution < -0.4 is 15.4 Å². The maximum absolute atomic E-state index is 12.0. The number of nitrogens with zero attached hydrogens (tertiary/aromatic N) is 2. The molecule has 4 aromatic rings. The second kappa shape index (κ2) is 9.09. The Kier molecular flexibility index (Phi) is 5.68. The van der Waals surface area contributed by atoms with Crippen LogP contribution in [0.1, 0.15) is 18.9 Å². The first kappa shape index (κ1) is 20.6. The molecule has 5 nitrogen and oxygen atoms in total. The van der Waals surface area contributed by atoms with Gasteiger partial charge in [-0.25, -0.2) is 4.98 Å². The molecule has 0 spiro atoms. The number of aromatic amines is 1. The minimum absolute atomic E-state index is 0.0176. The molecule has 0 saturated carbocycles. The first-order valence-electron chi connectivity index (χ1n) is 10.9. The van der Waals surface area contributed by atoms with Crippen LogP contribution in [0.2, 0.25) is 0 Å². The standard InChI is InChI=1S/C28H23N3O2/c1-19(32)25-6-2-3-7-26-27(25)31-28(30-26)23-10-8-21(9-11-23)22-12-14-24(15-13-22)33-18-20-5-4-16-29-17-20/h2,4-17H,3,18H2,1H3,(H,30,31).